The van der Waals surface area contributed by atoms with Crippen LogP contribution in [0.2, 0.25) is 0 Å². The summed E-state index contributed by atoms with van der Waals surface area (Å²) in [6, 6.07) is 12.3. The third-order valence-corrected chi connectivity index (χ3v) is 3.28. The van der Waals surface area contributed by atoms with Crippen molar-refractivity contribution in [3.05, 3.63) is 72.7 Å². The Morgan fingerprint density at radius 3 is 2.77 bits per heavy atom. The minimum Gasteiger partial charge on any atom is -0.467 e. The van der Waals surface area contributed by atoms with Crippen LogP contribution in [0.15, 0.2) is 65.7 Å². The topological polar surface area (TPSA) is 80.3 Å². The van der Waals surface area contributed by atoms with E-state index >= 15 is 0 Å². The fourth-order valence-electron chi connectivity index (χ4n) is 2.19. The van der Waals surface area contributed by atoms with Gasteiger partial charge in [0.15, 0.2) is 0 Å². The number of aliphatic hydroxyl groups is 1. The summed E-state index contributed by atoms with van der Waals surface area (Å²) in [5.74, 6) is 0.165. The molecular weight excluding hydrogens is 282 g/mol. The molecule has 0 aliphatic heterocycles. The van der Waals surface area contributed by atoms with Crippen LogP contribution in [0.3, 0.4) is 0 Å². The molecule has 3 rings (SSSR count). The number of aromatic nitrogens is 2. The van der Waals surface area contributed by atoms with Crippen molar-refractivity contribution < 1.29 is 14.3 Å². The summed E-state index contributed by atoms with van der Waals surface area (Å²) in [5.41, 5.74) is 1.22. The van der Waals surface area contributed by atoms with Crippen LogP contribution in [0.5, 0.6) is 0 Å². The van der Waals surface area contributed by atoms with Gasteiger partial charge in [0.2, 0.25) is 0 Å². The monoisotopic (exact) mass is 297 g/mol. The Morgan fingerprint density at radius 1 is 1.27 bits per heavy atom. The van der Waals surface area contributed by atoms with Gasteiger partial charge in [-0.05, 0) is 24.3 Å². The summed E-state index contributed by atoms with van der Waals surface area (Å²) < 4.78 is 6.91. The molecule has 0 fully saturated rings. The van der Waals surface area contributed by atoms with Crippen LogP contribution in [0.25, 0.3) is 5.69 Å². The molecule has 1 atom stereocenters. The minimum atomic E-state index is -0.596. The van der Waals surface area contributed by atoms with E-state index in [9.17, 15) is 9.90 Å². The van der Waals surface area contributed by atoms with E-state index in [4.69, 9.17) is 4.42 Å². The lowest BCUT2D eigenvalue weighted by atomic mass is 10.2. The van der Waals surface area contributed by atoms with Gasteiger partial charge in [-0.25, -0.2) is 4.98 Å². The standard InChI is InChI=1S/C16H15N3O3/c20-10-13(15-7-4-8-22-15)18-16(21)14-9-17-11-19(14)12-5-2-1-3-6-12/h1-9,11,13,20H,10H2,(H,18,21). The van der Waals surface area contributed by atoms with Crippen LogP contribution in [-0.2, 0) is 0 Å². The Kier molecular flexibility index (Phi) is 4.02. The van der Waals surface area contributed by atoms with Crippen LogP contribution in [0.1, 0.15) is 22.3 Å². The Labute approximate surface area is 127 Å². The maximum absolute atomic E-state index is 12.4. The van der Waals surface area contributed by atoms with Gasteiger partial charge in [-0.2, -0.15) is 0 Å². The zero-order valence-corrected chi connectivity index (χ0v) is 11.7. The van der Waals surface area contributed by atoms with E-state index in [0.29, 0.717) is 11.5 Å². The molecule has 0 saturated carbocycles. The second kappa shape index (κ2) is 6.28. The van der Waals surface area contributed by atoms with Crippen molar-refractivity contribution in [2.75, 3.05) is 6.61 Å². The van der Waals surface area contributed by atoms with Crippen LogP contribution in [0.4, 0.5) is 0 Å². The molecule has 0 saturated heterocycles. The summed E-state index contributed by atoms with van der Waals surface area (Å²) >= 11 is 0. The molecule has 0 radical (unpaired) electrons. The van der Waals surface area contributed by atoms with Gasteiger partial charge in [-0.3, -0.25) is 9.36 Å². The molecule has 6 nitrogen and oxygen atoms in total. The van der Waals surface area contributed by atoms with Crippen molar-refractivity contribution in [1.82, 2.24) is 14.9 Å². The molecule has 22 heavy (non-hydrogen) atoms. The SMILES string of the molecule is O=C(NC(CO)c1ccco1)c1cncn1-c1ccccc1. The second-order valence-corrected chi connectivity index (χ2v) is 4.71. The van der Waals surface area contributed by atoms with Gasteiger partial charge in [0, 0.05) is 5.69 Å². The average molecular weight is 297 g/mol. The number of imidazole rings is 1. The molecular formula is C16H15N3O3. The molecule has 1 unspecified atom stereocenters. The van der Waals surface area contributed by atoms with Crippen LogP contribution < -0.4 is 5.32 Å². The maximum atomic E-state index is 12.4. The molecule has 2 N–H and O–H groups in total. The molecule has 1 aromatic carbocycles. The third-order valence-electron chi connectivity index (χ3n) is 3.28. The first kappa shape index (κ1) is 14.1. The van der Waals surface area contributed by atoms with Gasteiger partial charge in [0.25, 0.3) is 5.91 Å². The Hall–Kier alpha value is -2.86. The van der Waals surface area contributed by atoms with Gasteiger partial charge < -0.3 is 14.8 Å². The number of carbonyl (C=O) groups is 1. The fraction of sp³-hybridized carbons (Fsp3) is 0.125. The van der Waals surface area contributed by atoms with Gasteiger partial charge in [0.1, 0.15) is 17.5 Å². The number of nitrogens with zero attached hydrogens (tertiary/aromatic N) is 2. The fourth-order valence-corrected chi connectivity index (χ4v) is 2.19. The van der Waals surface area contributed by atoms with Crippen molar-refractivity contribution in [2.45, 2.75) is 6.04 Å². The first-order valence-electron chi connectivity index (χ1n) is 6.82. The van der Waals surface area contributed by atoms with E-state index in [-0.39, 0.29) is 12.5 Å². The Morgan fingerprint density at radius 2 is 2.09 bits per heavy atom. The maximum Gasteiger partial charge on any atom is 0.270 e. The average Bonchev–Trinajstić information content (AvgIpc) is 3.24. The van der Waals surface area contributed by atoms with Crippen LogP contribution in [-0.4, -0.2) is 27.2 Å². The van der Waals surface area contributed by atoms with E-state index in [1.807, 2.05) is 30.3 Å². The highest BCUT2D eigenvalue weighted by molar-refractivity contribution is 5.93. The lowest BCUT2D eigenvalue weighted by Gasteiger charge is -2.14. The molecule has 112 valence electrons. The van der Waals surface area contributed by atoms with Gasteiger partial charge in [-0.15, -0.1) is 0 Å². The van der Waals surface area contributed by atoms with E-state index in [1.54, 1.807) is 23.0 Å². The van der Waals surface area contributed by atoms with Gasteiger partial charge >= 0.3 is 0 Å². The first-order chi connectivity index (χ1) is 10.8. The van der Waals surface area contributed by atoms with Crippen LogP contribution >= 0.6 is 0 Å². The van der Waals surface area contributed by atoms with Crippen molar-refractivity contribution in [3.8, 4) is 5.69 Å². The van der Waals surface area contributed by atoms with E-state index < -0.39 is 6.04 Å². The van der Waals surface area contributed by atoms with Crippen molar-refractivity contribution in [3.63, 3.8) is 0 Å². The largest absolute Gasteiger partial charge is 0.467 e. The minimum absolute atomic E-state index is 0.251. The highest BCUT2D eigenvalue weighted by atomic mass is 16.3. The number of para-hydroxylation sites is 1. The molecule has 0 spiro atoms. The van der Waals surface area contributed by atoms with Gasteiger partial charge in [-0.1, -0.05) is 18.2 Å². The van der Waals surface area contributed by atoms with E-state index in [0.717, 1.165) is 5.69 Å². The summed E-state index contributed by atoms with van der Waals surface area (Å²) in [5, 5.41) is 12.2. The Balaban J connectivity index is 1.83. The molecule has 0 aliphatic carbocycles. The number of nitrogens with one attached hydrogen (secondary N) is 1. The van der Waals surface area contributed by atoms with Crippen molar-refractivity contribution in [2.24, 2.45) is 0 Å². The number of benzene rings is 1. The zero-order valence-electron chi connectivity index (χ0n) is 11.7. The first-order valence-corrected chi connectivity index (χ1v) is 6.82. The number of hydrogen-bond acceptors (Lipinski definition) is 4. The molecule has 6 heteroatoms. The summed E-state index contributed by atoms with van der Waals surface area (Å²) in [4.78, 5) is 16.5. The number of furan rings is 1. The number of rotatable bonds is 5. The lowest BCUT2D eigenvalue weighted by Crippen LogP contribution is -2.31. The normalized spacial score (nSPS) is 12.0. The zero-order chi connectivity index (χ0) is 15.4. The molecule has 1 amide bonds. The lowest BCUT2D eigenvalue weighted by molar-refractivity contribution is 0.0900. The van der Waals surface area contributed by atoms with Crippen molar-refractivity contribution >= 4 is 5.91 Å². The van der Waals surface area contributed by atoms with Crippen LogP contribution in [0, 0.1) is 0 Å². The van der Waals surface area contributed by atoms with Gasteiger partial charge in [0.05, 0.1) is 25.4 Å². The number of carbonyl (C=O) groups excluding carboxylic acids is 1. The smallest absolute Gasteiger partial charge is 0.270 e. The number of hydrogen-bond donors (Lipinski definition) is 2. The summed E-state index contributed by atoms with van der Waals surface area (Å²) in [6.07, 6.45) is 4.56. The highest BCUT2D eigenvalue weighted by Crippen LogP contribution is 2.15. The van der Waals surface area contributed by atoms with Crippen molar-refractivity contribution in [1.29, 1.82) is 0 Å². The highest BCUT2D eigenvalue weighted by Gasteiger charge is 2.20. The third kappa shape index (κ3) is 2.77. The Bertz CT molecular complexity index is 735. The molecule has 2 heterocycles. The molecule has 0 aliphatic rings. The summed E-state index contributed by atoms with van der Waals surface area (Å²) in [7, 11) is 0. The quantitative estimate of drug-likeness (QED) is 0.754. The molecule has 2 aromatic heterocycles. The predicted octanol–water partition coefficient (Wildman–Crippen LogP) is 1.93. The number of amides is 1. The second-order valence-electron chi connectivity index (χ2n) is 4.71. The van der Waals surface area contributed by atoms with E-state index in [1.165, 1.54) is 12.5 Å². The molecule has 0 bridgehead atoms. The van der Waals surface area contributed by atoms with E-state index in [2.05, 4.69) is 10.3 Å². The predicted molar refractivity (Wildman–Crippen MR) is 79.6 cm³/mol. The summed E-state index contributed by atoms with van der Waals surface area (Å²) in [6.45, 7) is -0.251. The number of aliphatic hydroxyl groups excluding tert-OH is 1. The molecule has 3 aromatic rings.